The minimum Gasteiger partial charge on any atom is -0.378 e. The van der Waals surface area contributed by atoms with Gasteiger partial charge in [-0.15, -0.1) is 0 Å². The summed E-state index contributed by atoms with van der Waals surface area (Å²) in [4.78, 5) is 29.9. The molecule has 0 aliphatic carbocycles. The Balaban J connectivity index is 1.39. The minimum absolute atomic E-state index is 0.180. The van der Waals surface area contributed by atoms with E-state index in [0.29, 0.717) is 17.2 Å². The van der Waals surface area contributed by atoms with Crippen LogP contribution in [0.25, 0.3) is 22.3 Å². The van der Waals surface area contributed by atoms with Gasteiger partial charge in [0.2, 0.25) is 0 Å². The SMILES string of the molecule is CC(C)c1cnc2ncc(CC(C)c3cnc4ncc(N5CCOCC5)cc4n3)cc2n1. The number of rotatable bonds is 5. The van der Waals surface area contributed by atoms with Gasteiger partial charge in [0.1, 0.15) is 11.0 Å². The van der Waals surface area contributed by atoms with Crippen molar-refractivity contribution in [1.82, 2.24) is 29.9 Å². The summed E-state index contributed by atoms with van der Waals surface area (Å²) in [5, 5.41) is 0. The highest BCUT2D eigenvalue weighted by atomic mass is 16.5. The van der Waals surface area contributed by atoms with Crippen LogP contribution in [0.2, 0.25) is 0 Å². The topological polar surface area (TPSA) is 89.8 Å². The normalized spacial score (nSPS) is 15.6. The summed E-state index contributed by atoms with van der Waals surface area (Å²) in [7, 11) is 0. The van der Waals surface area contributed by atoms with Crippen molar-refractivity contribution >= 4 is 28.0 Å². The zero-order chi connectivity index (χ0) is 22.1. The van der Waals surface area contributed by atoms with Gasteiger partial charge in [0.25, 0.3) is 0 Å². The van der Waals surface area contributed by atoms with E-state index in [4.69, 9.17) is 14.7 Å². The standard InChI is InChI=1S/C24H27N7O/c1-15(2)21-13-27-23-19(29-21)9-17(11-25-23)8-16(3)22-14-28-24-20(30-22)10-18(12-26-24)31-4-6-32-7-5-31/h9-16H,4-8H2,1-3H3. The first-order valence-electron chi connectivity index (χ1n) is 11.1. The fourth-order valence-corrected chi connectivity index (χ4v) is 3.96. The van der Waals surface area contributed by atoms with Crippen LogP contribution >= 0.6 is 0 Å². The smallest absolute Gasteiger partial charge is 0.178 e. The largest absolute Gasteiger partial charge is 0.378 e. The summed E-state index contributed by atoms with van der Waals surface area (Å²) in [5.74, 6) is 0.512. The molecule has 5 rings (SSSR count). The fourth-order valence-electron chi connectivity index (χ4n) is 3.96. The second-order valence-electron chi connectivity index (χ2n) is 8.67. The number of anilines is 1. The molecule has 0 aromatic carbocycles. The number of aromatic nitrogens is 6. The summed E-state index contributed by atoms with van der Waals surface area (Å²) in [6.45, 7) is 9.61. The molecule has 164 valence electrons. The molecule has 5 heterocycles. The lowest BCUT2D eigenvalue weighted by molar-refractivity contribution is 0.122. The van der Waals surface area contributed by atoms with E-state index >= 15 is 0 Å². The summed E-state index contributed by atoms with van der Waals surface area (Å²) in [6.07, 6.45) is 8.20. The van der Waals surface area contributed by atoms with Crippen molar-refractivity contribution in [2.75, 3.05) is 31.2 Å². The van der Waals surface area contributed by atoms with E-state index in [1.807, 2.05) is 24.8 Å². The first-order chi connectivity index (χ1) is 15.6. The number of hydrogen-bond donors (Lipinski definition) is 0. The number of hydrogen-bond acceptors (Lipinski definition) is 8. The van der Waals surface area contributed by atoms with E-state index in [9.17, 15) is 0 Å². The molecule has 0 radical (unpaired) electrons. The first kappa shape index (κ1) is 20.6. The van der Waals surface area contributed by atoms with Crippen molar-refractivity contribution in [3.8, 4) is 0 Å². The molecule has 1 aliphatic rings. The van der Waals surface area contributed by atoms with Crippen LogP contribution in [0, 0.1) is 0 Å². The lowest BCUT2D eigenvalue weighted by atomic mass is 9.99. The van der Waals surface area contributed by atoms with Crippen LogP contribution in [0.15, 0.2) is 36.9 Å². The first-order valence-corrected chi connectivity index (χ1v) is 11.1. The second-order valence-corrected chi connectivity index (χ2v) is 8.67. The second kappa shape index (κ2) is 8.70. The zero-order valence-corrected chi connectivity index (χ0v) is 18.7. The maximum atomic E-state index is 5.46. The van der Waals surface area contributed by atoms with E-state index in [2.05, 4.69) is 57.7 Å². The van der Waals surface area contributed by atoms with E-state index in [1.165, 1.54) is 0 Å². The van der Waals surface area contributed by atoms with Gasteiger partial charge in [-0.1, -0.05) is 20.8 Å². The Morgan fingerprint density at radius 1 is 0.812 bits per heavy atom. The average Bonchev–Trinajstić information content (AvgIpc) is 2.83. The Morgan fingerprint density at radius 2 is 1.44 bits per heavy atom. The summed E-state index contributed by atoms with van der Waals surface area (Å²) in [6, 6.07) is 4.17. The van der Waals surface area contributed by atoms with Crippen molar-refractivity contribution in [3.05, 3.63) is 53.9 Å². The van der Waals surface area contributed by atoms with E-state index in [-0.39, 0.29) is 5.92 Å². The molecule has 4 aromatic heterocycles. The minimum atomic E-state index is 0.180. The number of fused-ring (bicyclic) bond motifs is 2. The van der Waals surface area contributed by atoms with Crippen LogP contribution in [0.3, 0.4) is 0 Å². The van der Waals surface area contributed by atoms with Gasteiger partial charge in [-0.25, -0.2) is 29.9 Å². The number of nitrogens with zero attached hydrogens (tertiary/aromatic N) is 7. The summed E-state index contributed by atoms with van der Waals surface area (Å²) in [5.41, 5.74) is 7.11. The van der Waals surface area contributed by atoms with Gasteiger partial charge in [0.05, 0.1) is 48.9 Å². The molecule has 0 spiro atoms. The maximum absolute atomic E-state index is 5.46. The van der Waals surface area contributed by atoms with E-state index < -0.39 is 0 Å². The van der Waals surface area contributed by atoms with E-state index in [1.54, 1.807) is 0 Å². The van der Waals surface area contributed by atoms with Gasteiger partial charge in [-0.2, -0.15) is 0 Å². The van der Waals surface area contributed by atoms with Gasteiger partial charge in [-0.3, -0.25) is 0 Å². The molecule has 0 saturated carbocycles. The Labute approximate surface area is 187 Å². The lowest BCUT2D eigenvalue weighted by Crippen LogP contribution is -2.36. The van der Waals surface area contributed by atoms with Crippen molar-refractivity contribution in [1.29, 1.82) is 0 Å². The predicted octanol–water partition coefficient (Wildman–Crippen LogP) is 3.67. The van der Waals surface area contributed by atoms with Crippen LogP contribution in [-0.2, 0) is 11.2 Å². The Hall–Kier alpha value is -3.26. The molecule has 4 aromatic rings. The molecule has 0 N–H and O–H groups in total. The third-order valence-corrected chi connectivity index (χ3v) is 5.89. The van der Waals surface area contributed by atoms with Gasteiger partial charge in [0.15, 0.2) is 11.3 Å². The molecule has 1 unspecified atom stereocenters. The monoisotopic (exact) mass is 429 g/mol. The van der Waals surface area contributed by atoms with Crippen LogP contribution in [0.1, 0.15) is 49.6 Å². The molecule has 1 aliphatic heterocycles. The maximum Gasteiger partial charge on any atom is 0.178 e. The van der Waals surface area contributed by atoms with Crippen molar-refractivity contribution < 1.29 is 4.74 Å². The van der Waals surface area contributed by atoms with Crippen LogP contribution < -0.4 is 4.90 Å². The number of pyridine rings is 2. The van der Waals surface area contributed by atoms with Crippen LogP contribution in [0.5, 0.6) is 0 Å². The highest BCUT2D eigenvalue weighted by Crippen LogP contribution is 2.24. The molecule has 8 nitrogen and oxygen atoms in total. The van der Waals surface area contributed by atoms with Crippen molar-refractivity contribution in [2.24, 2.45) is 0 Å². The van der Waals surface area contributed by atoms with Crippen molar-refractivity contribution in [2.45, 2.75) is 39.0 Å². The van der Waals surface area contributed by atoms with Gasteiger partial charge < -0.3 is 9.64 Å². The Bertz CT molecular complexity index is 1250. The molecule has 1 fully saturated rings. The lowest BCUT2D eigenvalue weighted by Gasteiger charge is -2.28. The Morgan fingerprint density at radius 3 is 2.19 bits per heavy atom. The molecular formula is C24H27N7O. The van der Waals surface area contributed by atoms with E-state index in [0.717, 1.165) is 66.4 Å². The molecule has 32 heavy (non-hydrogen) atoms. The summed E-state index contributed by atoms with van der Waals surface area (Å²) >= 11 is 0. The predicted molar refractivity (Wildman–Crippen MR) is 124 cm³/mol. The molecule has 0 amide bonds. The van der Waals surface area contributed by atoms with Crippen molar-refractivity contribution in [3.63, 3.8) is 0 Å². The van der Waals surface area contributed by atoms with Gasteiger partial charge in [-0.05, 0) is 30.0 Å². The Kier molecular flexibility index (Phi) is 5.61. The number of morpholine rings is 1. The molecule has 8 heteroatoms. The quantitative estimate of drug-likeness (QED) is 0.475. The number of ether oxygens (including phenoxy) is 1. The van der Waals surface area contributed by atoms with Gasteiger partial charge in [0, 0.05) is 25.2 Å². The zero-order valence-electron chi connectivity index (χ0n) is 18.7. The average molecular weight is 430 g/mol. The van der Waals surface area contributed by atoms with Crippen LogP contribution in [-0.4, -0.2) is 56.2 Å². The molecular weight excluding hydrogens is 402 g/mol. The molecule has 0 bridgehead atoms. The third kappa shape index (κ3) is 4.23. The third-order valence-electron chi connectivity index (χ3n) is 5.89. The summed E-state index contributed by atoms with van der Waals surface area (Å²) < 4.78 is 5.46. The fraction of sp³-hybridized carbons (Fsp3) is 0.417. The highest BCUT2D eigenvalue weighted by Gasteiger charge is 2.15. The van der Waals surface area contributed by atoms with Crippen LogP contribution in [0.4, 0.5) is 5.69 Å². The molecule has 1 saturated heterocycles. The van der Waals surface area contributed by atoms with Gasteiger partial charge >= 0.3 is 0 Å². The highest BCUT2D eigenvalue weighted by molar-refractivity contribution is 5.74. The molecule has 1 atom stereocenters.